The maximum absolute atomic E-state index is 12.5. The third-order valence-corrected chi connectivity index (χ3v) is 4.65. The van der Waals surface area contributed by atoms with Crippen molar-refractivity contribution in [2.45, 2.75) is 51.7 Å². The lowest BCUT2D eigenvalue weighted by Crippen LogP contribution is -2.42. The van der Waals surface area contributed by atoms with Gasteiger partial charge in [-0.2, -0.15) is 0 Å². The molecule has 1 fully saturated rings. The molecule has 0 aliphatic carbocycles. The molecular formula is C18H26N6O3. The number of carbonyl (C=O) groups excluding carboxylic acids is 2. The Labute approximate surface area is 157 Å². The first-order valence-corrected chi connectivity index (χ1v) is 9.24. The lowest BCUT2D eigenvalue weighted by atomic mass is 10.1. The summed E-state index contributed by atoms with van der Waals surface area (Å²) in [5.41, 5.74) is 1.19. The van der Waals surface area contributed by atoms with Crippen molar-refractivity contribution >= 4 is 11.8 Å². The second kappa shape index (κ2) is 8.34. The zero-order valence-corrected chi connectivity index (χ0v) is 15.9. The average molecular weight is 374 g/mol. The Kier molecular flexibility index (Phi) is 5.90. The van der Waals surface area contributed by atoms with Gasteiger partial charge in [0.05, 0.1) is 12.4 Å². The van der Waals surface area contributed by atoms with Crippen LogP contribution in [0, 0.1) is 0 Å². The van der Waals surface area contributed by atoms with E-state index in [1.165, 1.54) is 0 Å². The highest BCUT2D eigenvalue weighted by atomic mass is 16.5. The fraction of sp³-hybridized carbons (Fsp3) is 0.556. The highest BCUT2D eigenvalue weighted by Crippen LogP contribution is 2.21. The number of H-pyrrole nitrogens is 1. The van der Waals surface area contributed by atoms with Crippen LogP contribution in [0.5, 0.6) is 0 Å². The smallest absolute Gasteiger partial charge is 0.273 e. The Morgan fingerprint density at radius 1 is 1.44 bits per heavy atom. The molecule has 2 atom stereocenters. The van der Waals surface area contributed by atoms with Crippen LogP contribution in [-0.2, 0) is 11.3 Å². The van der Waals surface area contributed by atoms with Gasteiger partial charge in [-0.3, -0.25) is 14.5 Å². The number of aromatic amines is 1. The monoisotopic (exact) mass is 374 g/mol. The largest absolute Gasteiger partial charge is 0.360 e. The Morgan fingerprint density at radius 3 is 2.89 bits per heavy atom. The van der Waals surface area contributed by atoms with Gasteiger partial charge in [0.2, 0.25) is 5.91 Å². The number of likely N-dealkylation sites (N-methyl/N-ethyl adjacent to an activating group) is 1. The van der Waals surface area contributed by atoms with Gasteiger partial charge < -0.3 is 20.1 Å². The summed E-state index contributed by atoms with van der Waals surface area (Å²) in [7, 11) is 0. The first-order valence-electron chi connectivity index (χ1n) is 9.24. The number of carbonyl (C=O) groups is 2. The molecule has 27 heavy (non-hydrogen) atoms. The number of amides is 2. The second-order valence-electron chi connectivity index (χ2n) is 7.09. The number of hydrogen-bond donors (Lipinski definition) is 3. The van der Waals surface area contributed by atoms with Crippen LogP contribution in [0.2, 0.25) is 0 Å². The van der Waals surface area contributed by atoms with E-state index >= 15 is 0 Å². The van der Waals surface area contributed by atoms with Crippen LogP contribution >= 0.6 is 0 Å². The van der Waals surface area contributed by atoms with Crippen LogP contribution in [0.25, 0.3) is 0 Å². The standard InChI is InChI=1S/C18H26N6O3/c1-4-20-18(26)15-5-12(8-24(15)9-13-7-19-10-21-13)22-17(25)14-6-16(11(2)3)27-23-14/h6-7,10-12,15H,4-5,8-9H2,1-3H3,(H,19,21)(H,20,26)(H,22,25)/t12-,15+/m1/s1. The summed E-state index contributed by atoms with van der Waals surface area (Å²) in [4.78, 5) is 34.1. The minimum Gasteiger partial charge on any atom is -0.360 e. The first kappa shape index (κ1) is 19.1. The molecule has 9 heteroatoms. The van der Waals surface area contributed by atoms with Crippen molar-refractivity contribution < 1.29 is 14.1 Å². The van der Waals surface area contributed by atoms with Crippen molar-refractivity contribution in [2.24, 2.45) is 0 Å². The SMILES string of the molecule is CCNC(=O)[C@@H]1C[C@@H](NC(=O)c2cc(C(C)C)on2)CN1Cc1cnc[nH]1. The van der Waals surface area contributed by atoms with Crippen molar-refractivity contribution in [3.63, 3.8) is 0 Å². The molecule has 1 aliphatic heterocycles. The van der Waals surface area contributed by atoms with E-state index in [0.717, 1.165) is 5.69 Å². The van der Waals surface area contributed by atoms with E-state index in [9.17, 15) is 9.59 Å². The predicted molar refractivity (Wildman–Crippen MR) is 97.9 cm³/mol. The van der Waals surface area contributed by atoms with Gasteiger partial charge in [0.15, 0.2) is 5.69 Å². The predicted octanol–water partition coefficient (Wildman–Crippen LogP) is 1.03. The van der Waals surface area contributed by atoms with E-state index in [1.807, 2.05) is 25.7 Å². The normalized spacial score (nSPS) is 20.1. The molecule has 0 bridgehead atoms. The van der Waals surface area contributed by atoms with Crippen LogP contribution in [0.3, 0.4) is 0 Å². The zero-order chi connectivity index (χ0) is 19.4. The lowest BCUT2D eigenvalue weighted by Gasteiger charge is -2.22. The maximum Gasteiger partial charge on any atom is 0.273 e. The summed E-state index contributed by atoms with van der Waals surface area (Å²) < 4.78 is 5.20. The molecule has 1 saturated heterocycles. The lowest BCUT2D eigenvalue weighted by molar-refractivity contribution is -0.125. The topological polar surface area (TPSA) is 116 Å². The molecule has 2 aromatic heterocycles. The van der Waals surface area contributed by atoms with Crippen LogP contribution in [-0.4, -0.2) is 57.0 Å². The molecule has 146 valence electrons. The highest BCUT2D eigenvalue weighted by Gasteiger charge is 2.37. The molecule has 0 radical (unpaired) electrons. The number of hydrogen-bond acceptors (Lipinski definition) is 6. The molecule has 0 aromatic carbocycles. The summed E-state index contributed by atoms with van der Waals surface area (Å²) in [6, 6.07) is 1.22. The van der Waals surface area contributed by atoms with Crippen molar-refractivity contribution in [1.82, 2.24) is 30.7 Å². The third kappa shape index (κ3) is 4.54. The molecule has 2 amide bonds. The fourth-order valence-electron chi connectivity index (χ4n) is 3.27. The van der Waals surface area contributed by atoms with Crippen LogP contribution < -0.4 is 10.6 Å². The summed E-state index contributed by atoms with van der Waals surface area (Å²) >= 11 is 0. The van der Waals surface area contributed by atoms with E-state index in [4.69, 9.17) is 4.52 Å². The van der Waals surface area contributed by atoms with Gasteiger partial charge in [0, 0.05) is 49.6 Å². The third-order valence-electron chi connectivity index (χ3n) is 4.65. The Hall–Kier alpha value is -2.68. The molecule has 2 aromatic rings. The minimum absolute atomic E-state index is 0.0303. The number of imidazole rings is 1. The van der Waals surface area contributed by atoms with Gasteiger partial charge in [-0.05, 0) is 13.3 Å². The molecule has 1 aliphatic rings. The Balaban J connectivity index is 1.66. The molecule has 3 heterocycles. The van der Waals surface area contributed by atoms with E-state index in [-0.39, 0.29) is 35.5 Å². The number of likely N-dealkylation sites (tertiary alicyclic amines) is 1. The summed E-state index contributed by atoms with van der Waals surface area (Å²) in [6.45, 7) is 7.55. The van der Waals surface area contributed by atoms with E-state index in [2.05, 4.69) is 25.8 Å². The number of rotatable bonds is 7. The molecule has 0 spiro atoms. The van der Waals surface area contributed by atoms with Crippen molar-refractivity contribution in [2.75, 3.05) is 13.1 Å². The average Bonchev–Trinajstić information content (AvgIpc) is 3.35. The van der Waals surface area contributed by atoms with Crippen molar-refractivity contribution in [3.05, 3.63) is 35.7 Å². The van der Waals surface area contributed by atoms with Gasteiger partial charge in [0.1, 0.15) is 5.76 Å². The second-order valence-corrected chi connectivity index (χ2v) is 7.09. The maximum atomic E-state index is 12.5. The number of aromatic nitrogens is 3. The van der Waals surface area contributed by atoms with Crippen molar-refractivity contribution in [1.29, 1.82) is 0 Å². The van der Waals surface area contributed by atoms with Gasteiger partial charge in [-0.15, -0.1) is 0 Å². The van der Waals surface area contributed by atoms with Gasteiger partial charge >= 0.3 is 0 Å². The highest BCUT2D eigenvalue weighted by molar-refractivity contribution is 5.92. The van der Waals surface area contributed by atoms with E-state index in [1.54, 1.807) is 18.6 Å². The van der Waals surface area contributed by atoms with Gasteiger partial charge in [0.25, 0.3) is 5.91 Å². The van der Waals surface area contributed by atoms with E-state index < -0.39 is 0 Å². The number of nitrogens with one attached hydrogen (secondary N) is 3. The van der Waals surface area contributed by atoms with Crippen LogP contribution in [0.1, 0.15) is 55.1 Å². The minimum atomic E-state index is -0.304. The number of nitrogens with zero attached hydrogens (tertiary/aromatic N) is 3. The molecule has 0 saturated carbocycles. The summed E-state index contributed by atoms with van der Waals surface area (Å²) in [5.74, 6) is 0.524. The summed E-state index contributed by atoms with van der Waals surface area (Å²) in [6.07, 6.45) is 3.90. The molecule has 3 N–H and O–H groups in total. The molecular weight excluding hydrogens is 348 g/mol. The van der Waals surface area contributed by atoms with Crippen LogP contribution in [0.4, 0.5) is 0 Å². The molecule has 9 nitrogen and oxygen atoms in total. The van der Waals surface area contributed by atoms with Crippen LogP contribution in [0.15, 0.2) is 23.1 Å². The zero-order valence-electron chi connectivity index (χ0n) is 15.9. The van der Waals surface area contributed by atoms with Gasteiger partial charge in [-0.25, -0.2) is 4.98 Å². The first-order chi connectivity index (χ1) is 13.0. The quantitative estimate of drug-likeness (QED) is 0.667. The molecule has 0 unspecified atom stereocenters. The Morgan fingerprint density at radius 2 is 2.26 bits per heavy atom. The fourth-order valence-corrected chi connectivity index (χ4v) is 3.27. The Bertz CT molecular complexity index is 770. The molecule has 3 rings (SSSR count). The summed E-state index contributed by atoms with van der Waals surface area (Å²) in [5, 5.41) is 9.70. The van der Waals surface area contributed by atoms with Crippen molar-refractivity contribution in [3.8, 4) is 0 Å². The van der Waals surface area contributed by atoms with E-state index in [0.29, 0.717) is 31.8 Å². The van der Waals surface area contributed by atoms with Gasteiger partial charge in [-0.1, -0.05) is 19.0 Å².